The fourth-order valence-electron chi connectivity index (χ4n) is 4.30. The van der Waals surface area contributed by atoms with Crippen LogP contribution < -0.4 is 18.9 Å². The van der Waals surface area contributed by atoms with Gasteiger partial charge in [-0.1, -0.05) is 24.3 Å². The molecule has 0 fully saturated rings. The lowest BCUT2D eigenvalue weighted by Crippen LogP contribution is -2.42. The first-order chi connectivity index (χ1) is 18.9. The van der Waals surface area contributed by atoms with Gasteiger partial charge >= 0.3 is 0 Å². The highest BCUT2D eigenvalue weighted by Gasteiger charge is 2.35. The largest absolute Gasteiger partial charge is 0.493 e. The number of nitriles is 1. The monoisotopic (exact) mass is 526 g/mol. The van der Waals surface area contributed by atoms with Crippen LogP contribution in [0, 0.1) is 17.1 Å². The van der Waals surface area contributed by atoms with Crippen LogP contribution in [0.5, 0.6) is 23.0 Å². The van der Waals surface area contributed by atoms with Crippen molar-refractivity contribution >= 4 is 17.9 Å². The van der Waals surface area contributed by atoms with Crippen LogP contribution in [0.4, 0.5) is 4.39 Å². The van der Waals surface area contributed by atoms with E-state index in [1.54, 1.807) is 61.5 Å². The molecule has 3 aromatic carbocycles. The molecule has 2 aliphatic heterocycles. The van der Waals surface area contributed by atoms with E-state index in [-0.39, 0.29) is 36.9 Å². The van der Waals surface area contributed by atoms with E-state index in [0.29, 0.717) is 39.7 Å². The van der Waals surface area contributed by atoms with Crippen LogP contribution in [0.1, 0.15) is 23.6 Å². The van der Waals surface area contributed by atoms with Crippen molar-refractivity contribution in [2.45, 2.75) is 20.1 Å². The minimum Gasteiger partial charge on any atom is -0.493 e. The predicted octanol–water partition coefficient (Wildman–Crippen LogP) is 4.93. The highest BCUT2D eigenvalue weighted by molar-refractivity contribution is 6.19. The lowest BCUT2D eigenvalue weighted by Gasteiger charge is -2.27. The molecule has 2 heterocycles. The van der Waals surface area contributed by atoms with Gasteiger partial charge in [0.2, 0.25) is 6.79 Å². The number of hydrogen-bond acceptors (Lipinski definition) is 7. The number of benzene rings is 3. The number of nitrogens with zero attached hydrogens (tertiary/aromatic N) is 2. The zero-order valence-electron chi connectivity index (χ0n) is 21.2. The van der Waals surface area contributed by atoms with Crippen molar-refractivity contribution < 1.29 is 32.9 Å². The number of amides is 2. The highest BCUT2D eigenvalue weighted by atomic mass is 19.1. The molecule has 0 saturated heterocycles. The van der Waals surface area contributed by atoms with Gasteiger partial charge in [-0.05, 0) is 71.7 Å². The minimum absolute atomic E-state index is 0.0381. The number of ether oxygens (including phenoxy) is 4. The van der Waals surface area contributed by atoms with Gasteiger partial charge in [-0.15, -0.1) is 0 Å². The number of carbonyl (C=O) groups is 2. The summed E-state index contributed by atoms with van der Waals surface area (Å²) in [5, 5.41) is 9.71. The first-order valence-corrected chi connectivity index (χ1v) is 12.0. The Labute approximate surface area is 224 Å². The van der Waals surface area contributed by atoms with E-state index in [0.717, 1.165) is 10.5 Å². The first-order valence-electron chi connectivity index (χ1n) is 12.0. The molecule has 0 radical (unpaired) electrons. The maximum absolute atomic E-state index is 13.5. The third-order valence-corrected chi connectivity index (χ3v) is 6.41. The van der Waals surface area contributed by atoms with Gasteiger partial charge in [-0.3, -0.25) is 14.5 Å². The molecule has 0 spiro atoms. The van der Waals surface area contributed by atoms with E-state index < -0.39 is 11.8 Å². The second-order valence-electron chi connectivity index (χ2n) is 8.88. The van der Waals surface area contributed by atoms with Gasteiger partial charge in [0.1, 0.15) is 24.1 Å². The van der Waals surface area contributed by atoms with E-state index in [1.165, 1.54) is 19.2 Å². The third kappa shape index (κ3) is 5.18. The van der Waals surface area contributed by atoms with Gasteiger partial charge < -0.3 is 18.9 Å². The van der Waals surface area contributed by atoms with E-state index in [2.05, 4.69) is 0 Å². The molecular formula is C30H23FN2O6. The average molecular weight is 527 g/mol. The Hall–Kier alpha value is -5.10. The summed E-state index contributed by atoms with van der Waals surface area (Å²) in [6, 6.07) is 18.2. The second kappa shape index (κ2) is 10.7. The lowest BCUT2D eigenvalue weighted by molar-refractivity contribution is -0.141. The molecule has 2 amide bonds. The van der Waals surface area contributed by atoms with Crippen LogP contribution in [0.2, 0.25) is 0 Å². The Morgan fingerprint density at radius 2 is 1.72 bits per heavy atom. The average Bonchev–Trinajstić information content (AvgIpc) is 3.42. The van der Waals surface area contributed by atoms with Crippen LogP contribution in [0.15, 0.2) is 77.4 Å². The standard InChI is InChI=1S/C30H23FN2O6/c1-18-23(11-20-5-9-25(27(12-20)36-2)37-16-19-3-7-22(31)8-4-19)29(34)33(30(35)24(18)14-32)15-21-6-10-26-28(13-21)39-17-38-26/h3-13H,15-17H2,1-2H3/b23-11+. The summed E-state index contributed by atoms with van der Waals surface area (Å²) in [5.74, 6) is 0.491. The number of fused-ring (bicyclic) bond motifs is 1. The van der Waals surface area contributed by atoms with E-state index in [9.17, 15) is 19.2 Å². The number of methoxy groups -OCH3 is 1. The normalized spacial score (nSPS) is 15.5. The number of rotatable bonds is 7. The fourth-order valence-corrected chi connectivity index (χ4v) is 4.30. The number of imide groups is 1. The fraction of sp³-hybridized carbons (Fsp3) is 0.167. The molecule has 196 valence electrons. The molecule has 0 saturated carbocycles. The van der Waals surface area contributed by atoms with Gasteiger partial charge in [-0.25, -0.2) is 4.39 Å². The molecule has 8 nitrogen and oxygen atoms in total. The van der Waals surface area contributed by atoms with E-state index in [1.807, 2.05) is 6.07 Å². The van der Waals surface area contributed by atoms with Crippen LogP contribution in [-0.2, 0) is 22.7 Å². The summed E-state index contributed by atoms with van der Waals surface area (Å²) in [7, 11) is 1.49. The Bertz CT molecular complexity index is 1570. The summed E-state index contributed by atoms with van der Waals surface area (Å²) >= 11 is 0. The van der Waals surface area contributed by atoms with Crippen LogP contribution in [-0.4, -0.2) is 30.6 Å². The second-order valence-corrected chi connectivity index (χ2v) is 8.88. The Morgan fingerprint density at radius 3 is 2.46 bits per heavy atom. The topological polar surface area (TPSA) is 98.1 Å². The summed E-state index contributed by atoms with van der Waals surface area (Å²) in [4.78, 5) is 27.6. The van der Waals surface area contributed by atoms with Crippen LogP contribution in [0.25, 0.3) is 6.08 Å². The van der Waals surface area contributed by atoms with Crippen molar-refractivity contribution in [1.29, 1.82) is 5.26 Å². The quantitative estimate of drug-likeness (QED) is 0.318. The molecule has 0 aromatic heterocycles. The van der Waals surface area contributed by atoms with Gasteiger partial charge in [0.25, 0.3) is 11.8 Å². The van der Waals surface area contributed by atoms with Gasteiger partial charge in [0.05, 0.1) is 13.7 Å². The predicted molar refractivity (Wildman–Crippen MR) is 138 cm³/mol. The van der Waals surface area contributed by atoms with Crippen molar-refractivity contribution in [2.24, 2.45) is 0 Å². The van der Waals surface area contributed by atoms with Crippen LogP contribution >= 0.6 is 0 Å². The first kappa shape index (κ1) is 25.5. The molecular weight excluding hydrogens is 503 g/mol. The maximum Gasteiger partial charge on any atom is 0.271 e. The zero-order valence-corrected chi connectivity index (χ0v) is 21.2. The summed E-state index contributed by atoms with van der Waals surface area (Å²) in [6.07, 6.45) is 1.61. The number of hydrogen-bond donors (Lipinski definition) is 0. The molecule has 0 aliphatic carbocycles. The summed E-state index contributed by atoms with van der Waals surface area (Å²) in [6.45, 7) is 1.85. The minimum atomic E-state index is -0.656. The van der Waals surface area contributed by atoms with Gasteiger partial charge in [-0.2, -0.15) is 5.26 Å². The summed E-state index contributed by atoms with van der Waals surface area (Å²) in [5.41, 5.74) is 2.46. The van der Waals surface area contributed by atoms with E-state index in [4.69, 9.17) is 18.9 Å². The zero-order chi connectivity index (χ0) is 27.5. The van der Waals surface area contributed by atoms with Crippen molar-refractivity contribution in [3.05, 3.63) is 99.9 Å². The maximum atomic E-state index is 13.5. The molecule has 0 atom stereocenters. The Balaban J connectivity index is 1.42. The number of carbonyl (C=O) groups excluding carboxylic acids is 2. The van der Waals surface area contributed by atoms with Crippen molar-refractivity contribution in [3.8, 4) is 29.1 Å². The van der Waals surface area contributed by atoms with Crippen molar-refractivity contribution in [1.82, 2.24) is 4.90 Å². The summed E-state index contributed by atoms with van der Waals surface area (Å²) < 4.78 is 35.2. The molecule has 9 heteroatoms. The molecule has 0 bridgehead atoms. The smallest absolute Gasteiger partial charge is 0.271 e. The molecule has 2 aliphatic rings. The van der Waals surface area contributed by atoms with Crippen molar-refractivity contribution in [3.63, 3.8) is 0 Å². The van der Waals surface area contributed by atoms with Gasteiger partial charge in [0.15, 0.2) is 23.0 Å². The molecule has 3 aromatic rings. The highest BCUT2D eigenvalue weighted by Crippen LogP contribution is 2.35. The Kier molecular flexibility index (Phi) is 7.02. The Morgan fingerprint density at radius 1 is 0.974 bits per heavy atom. The van der Waals surface area contributed by atoms with E-state index >= 15 is 0 Å². The lowest BCUT2D eigenvalue weighted by atomic mass is 9.93. The molecule has 5 rings (SSSR count). The molecule has 39 heavy (non-hydrogen) atoms. The number of halogens is 1. The molecule has 0 unspecified atom stereocenters. The SMILES string of the molecule is COc1cc(/C=C2/C(=O)N(Cc3ccc4c(c3)OCO4)C(=O)C(C#N)=C2C)ccc1OCc1ccc(F)cc1. The van der Waals surface area contributed by atoms with Crippen molar-refractivity contribution in [2.75, 3.05) is 13.9 Å². The molecule has 0 N–H and O–H groups in total. The van der Waals surface area contributed by atoms with Gasteiger partial charge in [0, 0.05) is 5.57 Å². The van der Waals surface area contributed by atoms with Crippen LogP contribution in [0.3, 0.4) is 0 Å². The third-order valence-electron chi connectivity index (χ3n) is 6.41.